The third kappa shape index (κ3) is 8.83. The molecule has 0 unspecified atom stereocenters. The van der Waals surface area contributed by atoms with Crippen LogP contribution in [0.3, 0.4) is 0 Å². The van der Waals surface area contributed by atoms with Crippen LogP contribution in [0.5, 0.6) is 0 Å². The Balaban J connectivity index is 1.40. The smallest absolute Gasteiger partial charge is 0.224 e. The Bertz CT molecular complexity index is 1110. The highest BCUT2D eigenvalue weighted by molar-refractivity contribution is 5.90. The van der Waals surface area contributed by atoms with Gasteiger partial charge in [-0.15, -0.1) is 0 Å². The van der Waals surface area contributed by atoms with E-state index in [1.165, 1.54) is 6.92 Å². The second kappa shape index (κ2) is 15.4. The zero-order chi connectivity index (χ0) is 29.2. The Kier molecular flexibility index (Phi) is 11.7. The van der Waals surface area contributed by atoms with Gasteiger partial charge in [0.15, 0.2) is 6.29 Å². The third-order valence-corrected chi connectivity index (χ3v) is 8.17. The van der Waals surface area contributed by atoms with Gasteiger partial charge in [-0.3, -0.25) is 14.5 Å². The zero-order valence-corrected chi connectivity index (χ0v) is 24.3. The summed E-state index contributed by atoms with van der Waals surface area (Å²) in [6, 6.07) is 15.6. The monoisotopic (exact) mass is 567 g/mol. The second-order valence-electron chi connectivity index (χ2n) is 11.3. The summed E-state index contributed by atoms with van der Waals surface area (Å²) < 4.78 is 13.1. The average molecular weight is 568 g/mol. The lowest BCUT2D eigenvalue weighted by Gasteiger charge is -2.43. The number of nitrogens with zero attached hydrogens (tertiary/aromatic N) is 1. The van der Waals surface area contributed by atoms with Crippen molar-refractivity contribution in [3.05, 3.63) is 65.2 Å². The van der Waals surface area contributed by atoms with Gasteiger partial charge in [0.25, 0.3) is 0 Å². The molecule has 2 heterocycles. The Morgan fingerprint density at radius 3 is 2.39 bits per heavy atom. The minimum Gasteiger partial charge on any atom is -0.395 e. The van der Waals surface area contributed by atoms with Gasteiger partial charge >= 0.3 is 0 Å². The van der Waals surface area contributed by atoms with Crippen molar-refractivity contribution in [1.29, 1.82) is 0 Å². The summed E-state index contributed by atoms with van der Waals surface area (Å²) in [6.45, 7) is 6.10. The number of aliphatic hydroxyl groups excluding tert-OH is 2. The van der Waals surface area contributed by atoms with Crippen molar-refractivity contribution in [2.45, 2.75) is 83.5 Å². The van der Waals surface area contributed by atoms with Gasteiger partial charge in [0.1, 0.15) is 0 Å². The summed E-state index contributed by atoms with van der Waals surface area (Å²) in [6.07, 6.45) is 4.11. The highest BCUT2D eigenvalue weighted by Crippen LogP contribution is 2.42. The summed E-state index contributed by atoms with van der Waals surface area (Å²) in [5.41, 5.74) is 3.48. The fourth-order valence-electron chi connectivity index (χ4n) is 5.70. The molecule has 4 N–H and O–H groups in total. The number of benzene rings is 2. The first kappa shape index (κ1) is 31.1. The van der Waals surface area contributed by atoms with Gasteiger partial charge in [0, 0.05) is 49.6 Å². The lowest BCUT2D eigenvalue weighted by Crippen LogP contribution is -2.46. The van der Waals surface area contributed by atoms with E-state index in [2.05, 4.69) is 22.5 Å². The molecule has 224 valence electrons. The van der Waals surface area contributed by atoms with Crippen molar-refractivity contribution in [2.75, 3.05) is 31.6 Å². The number of hydrogen-bond donors (Lipinski definition) is 4. The van der Waals surface area contributed by atoms with E-state index in [1.54, 1.807) is 0 Å². The molecule has 2 saturated heterocycles. The van der Waals surface area contributed by atoms with E-state index in [9.17, 15) is 19.8 Å². The molecule has 9 heteroatoms. The summed E-state index contributed by atoms with van der Waals surface area (Å²) in [5, 5.41) is 25.1. The Labute approximate surface area is 243 Å². The van der Waals surface area contributed by atoms with E-state index in [0.29, 0.717) is 13.0 Å². The number of unbranched alkanes of at least 4 members (excludes halogenated alkanes) is 2. The van der Waals surface area contributed by atoms with Crippen LogP contribution in [0.25, 0.3) is 0 Å². The molecule has 2 aromatic rings. The number of carbonyl (C=O) groups is 2. The van der Waals surface area contributed by atoms with Gasteiger partial charge in [-0.1, -0.05) is 49.7 Å². The van der Waals surface area contributed by atoms with Crippen LogP contribution in [-0.4, -0.2) is 65.3 Å². The first-order chi connectivity index (χ1) is 19.9. The maximum atomic E-state index is 12.4. The Hall–Kier alpha value is -2.82. The third-order valence-electron chi connectivity index (χ3n) is 8.17. The van der Waals surface area contributed by atoms with Crippen LogP contribution in [0.15, 0.2) is 48.5 Å². The number of ether oxygens (including phenoxy) is 2. The predicted molar refractivity (Wildman–Crippen MR) is 157 cm³/mol. The fourth-order valence-corrected chi connectivity index (χ4v) is 5.70. The number of hydrogen-bond acceptors (Lipinski definition) is 7. The summed E-state index contributed by atoms with van der Waals surface area (Å²) in [4.78, 5) is 25.7. The van der Waals surface area contributed by atoms with Crippen LogP contribution in [0.4, 0.5) is 5.69 Å². The molecule has 2 aliphatic rings. The first-order valence-corrected chi connectivity index (χ1v) is 14.9. The summed E-state index contributed by atoms with van der Waals surface area (Å²) in [7, 11) is 0. The number of likely N-dealkylation sites (tertiary alicyclic amines) is 1. The van der Waals surface area contributed by atoms with Gasteiger partial charge < -0.3 is 30.3 Å². The maximum absolute atomic E-state index is 12.4. The highest BCUT2D eigenvalue weighted by Gasteiger charge is 2.40. The van der Waals surface area contributed by atoms with Crippen molar-refractivity contribution in [3.8, 4) is 0 Å². The molecule has 0 saturated carbocycles. The molecule has 2 aromatic carbocycles. The molecular weight excluding hydrogens is 522 g/mol. The minimum atomic E-state index is -0.581. The minimum absolute atomic E-state index is 0.00524. The number of aliphatic hydroxyl groups is 2. The molecule has 4 rings (SSSR count). The van der Waals surface area contributed by atoms with Crippen molar-refractivity contribution in [2.24, 2.45) is 5.92 Å². The van der Waals surface area contributed by atoms with Crippen molar-refractivity contribution in [1.82, 2.24) is 10.2 Å². The number of amides is 2. The topological polar surface area (TPSA) is 120 Å². The van der Waals surface area contributed by atoms with Gasteiger partial charge in [-0.05, 0) is 55.5 Å². The molecule has 0 bridgehead atoms. The van der Waals surface area contributed by atoms with Crippen LogP contribution < -0.4 is 10.6 Å². The van der Waals surface area contributed by atoms with E-state index >= 15 is 0 Å². The quantitative estimate of drug-likeness (QED) is 0.270. The standard InChI is InChI=1S/C32H45N3O6/c1-22-29(19-35-18-6-7-28(35)21-37)40-32(41-31(22)25-11-9-24(20-36)10-12-25)26-13-15-27(16-14-26)34-30(39)8-4-3-5-17-33-23(2)38/h9-16,22,28-29,31-32,36-37H,3-8,17-21H2,1-2H3,(H,33,38)(H,34,39)/t22-,28+,29+,31+,32+/m1/s1. The van der Waals surface area contributed by atoms with E-state index < -0.39 is 6.29 Å². The molecule has 0 aromatic heterocycles. The normalized spacial score (nSPS) is 24.7. The molecule has 5 atom stereocenters. The summed E-state index contributed by atoms with van der Waals surface area (Å²) in [5.74, 6) is 0.00384. The van der Waals surface area contributed by atoms with E-state index in [1.807, 2.05) is 48.5 Å². The van der Waals surface area contributed by atoms with Gasteiger partial charge in [-0.25, -0.2) is 0 Å². The number of carbonyl (C=O) groups excluding carboxylic acids is 2. The van der Waals surface area contributed by atoms with E-state index in [0.717, 1.165) is 67.6 Å². The Morgan fingerprint density at radius 1 is 0.976 bits per heavy atom. The van der Waals surface area contributed by atoms with Crippen LogP contribution in [0, 0.1) is 5.92 Å². The van der Waals surface area contributed by atoms with E-state index in [-0.39, 0.29) is 49.2 Å². The largest absolute Gasteiger partial charge is 0.395 e. The average Bonchev–Trinajstić information content (AvgIpc) is 3.43. The van der Waals surface area contributed by atoms with Crippen LogP contribution >= 0.6 is 0 Å². The van der Waals surface area contributed by atoms with Crippen LogP contribution in [0.1, 0.15) is 81.5 Å². The molecule has 2 amide bonds. The lowest BCUT2D eigenvalue weighted by molar-refractivity contribution is -0.276. The first-order valence-electron chi connectivity index (χ1n) is 14.9. The number of nitrogens with one attached hydrogen (secondary N) is 2. The molecule has 41 heavy (non-hydrogen) atoms. The summed E-state index contributed by atoms with van der Waals surface area (Å²) >= 11 is 0. The molecule has 2 fully saturated rings. The molecule has 0 radical (unpaired) electrons. The van der Waals surface area contributed by atoms with Gasteiger partial charge in [0.05, 0.1) is 25.4 Å². The molecule has 0 aliphatic carbocycles. The molecule has 9 nitrogen and oxygen atoms in total. The van der Waals surface area contributed by atoms with Gasteiger partial charge in [0.2, 0.25) is 11.8 Å². The Morgan fingerprint density at radius 2 is 1.71 bits per heavy atom. The van der Waals surface area contributed by atoms with Gasteiger partial charge in [-0.2, -0.15) is 0 Å². The number of anilines is 1. The fraction of sp³-hybridized carbons (Fsp3) is 0.562. The number of rotatable bonds is 13. The molecule has 0 spiro atoms. The second-order valence-corrected chi connectivity index (χ2v) is 11.3. The lowest BCUT2D eigenvalue weighted by atomic mass is 9.90. The highest BCUT2D eigenvalue weighted by atomic mass is 16.7. The zero-order valence-electron chi connectivity index (χ0n) is 24.3. The van der Waals surface area contributed by atoms with Crippen molar-refractivity contribution < 1.29 is 29.3 Å². The SMILES string of the molecule is CC(=O)NCCCCCC(=O)Nc1ccc([C@H]2O[C@@H](CN3CCC[C@H]3CO)[C@@H](C)[C@@H](c3ccc(CO)cc3)O2)cc1. The van der Waals surface area contributed by atoms with Crippen LogP contribution in [0.2, 0.25) is 0 Å². The van der Waals surface area contributed by atoms with Crippen molar-refractivity contribution >= 4 is 17.5 Å². The molecular formula is C32H45N3O6. The van der Waals surface area contributed by atoms with Crippen LogP contribution in [-0.2, 0) is 25.7 Å². The van der Waals surface area contributed by atoms with Crippen molar-refractivity contribution in [3.63, 3.8) is 0 Å². The van der Waals surface area contributed by atoms with E-state index in [4.69, 9.17) is 9.47 Å². The maximum Gasteiger partial charge on any atom is 0.224 e. The molecule has 2 aliphatic heterocycles. The predicted octanol–water partition coefficient (Wildman–Crippen LogP) is 4.06.